The average Bonchev–Trinajstić information content (AvgIpc) is 1.96. The largest absolute Gasteiger partial charge is 0.397 e. The van der Waals surface area contributed by atoms with Crippen LogP contribution in [0.4, 0.5) is 5.69 Å². The van der Waals surface area contributed by atoms with Crippen LogP contribution in [0.2, 0.25) is 5.02 Å². The van der Waals surface area contributed by atoms with Crippen LogP contribution >= 0.6 is 11.6 Å². The molecule has 0 fully saturated rings. The van der Waals surface area contributed by atoms with Gasteiger partial charge in [-0.25, -0.2) is 4.98 Å². The van der Waals surface area contributed by atoms with Gasteiger partial charge in [0.05, 0.1) is 22.1 Å². The zero-order valence-electron chi connectivity index (χ0n) is 7.19. The predicted molar refractivity (Wildman–Crippen MR) is 53.1 cm³/mol. The number of anilines is 1. The van der Waals surface area contributed by atoms with Crippen molar-refractivity contribution in [2.24, 2.45) is 0 Å². The predicted octanol–water partition coefficient (Wildman–Crippen LogP) is 2.66. The fraction of sp³-hybridized carbons (Fsp3) is 0.222. The third kappa shape index (κ3) is 1.59. The Morgan fingerprint density at radius 2 is 2.25 bits per heavy atom. The Labute approximate surface area is 77.1 Å². The molecule has 12 heavy (non-hydrogen) atoms. The van der Waals surface area contributed by atoms with Gasteiger partial charge in [-0.15, -0.1) is 0 Å². The molecule has 3 heteroatoms. The Kier molecular flexibility index (Phi) is 2.38. The lowest BCUT2D eigenvalue weighted by Gasteiger charge is -2.05. The van der Waals surface area contributed by atoms with Gasteiger partial charge >= 0.3 is 0 Å². The minimum absolute atomic E-state index is 0.561. The van der Waals surface area contributed by atoms with E-state index in [4.69, 9.17) is 17.3 Å². The number of nitrogens with zero attached hydrogens (tertiary/aromatic N) is 1. The molecule has 0 atom stereocenters. The van der Waals surface area contributed by atoms with E-state index in [1.54, 1.807) is 6.07 Å². The Morgan fingerprint density at radius 3 is 2.75 bits per heavy atom. The molecule has 2 N–H and O–H groups in total. The van der Waals surface area contributed by atoms with Crippen LogP contribution in [0, 0.1) is 6.92 Å². The number of nitrogens with two attached hydrogens (primary N) is 1. The van der Waals surface area contributed by atoms with Crippen LogP contribution in [-0.4, -0.2) is 4.98 Å². The van der Waals surface area contributed by atoms with Crippen molar-refractivity contribution in [3.8, 4) is 0 Å². The highest BCUT2D eigenvalue weighted by molar-refractivity contribution is 6.32. The van der Waals surface area contributed by atoms with E-state index in [-0.39, 0.29) is 0 Å². The van der Waals surface area contributed by atoms with Gasteiger partial charge in [0.15, 0.2) is 0 Å². The third-order valence-electron chi connectivity index (χ3n) is 1.61. The number of hydrogen-bond acceptors (Lipinski definition) is 2. The van der Waals surface area contributed by atoms with Crippen LogP contribution in [0.3, 0.4) is 0 Å². The molecule has 0 unspecified atom stereocenters. The van der Waals surface area contributed by atoms with Crippen LogP contribution in [0.5, 0.6) is 0 Å². The normalized spacial score (nSPS) is 9.92. The Hall–Kier alpha value is -1.02. The number of aromatic nitrogens is 1. The smallest absolute Gasteiger partial charge is 0.0843 e. The van der Waals surface area contributed by atoms with Crippen LogP contribution in [0.15, 0.2) is 12.6 Å². The quantitative estimate of drug-likeness (QED) is 0.725. The van der Waals surface area contributed by atoms with Crippen LogP contribution in [0.1, 0.15) is 18.3 Å². The van der Waals surface area contributed by atoms with Crippen LogP contribution in [0.25, 0.3) is 5.57 Å². The Bertz CT molecular complexity index is 332. The minimum Gasteiger partial charge on any atom is -0.397 e. The van der Waals surface area contributed by atoms with Gasteiger partial charge in [-0.1, -0.05) is 18.2 Å². The molecule has 0 spiro atoms. The second-order valence-corrected chi connectivity index (χ2v) is 3.18. The lowest BCUT2D eigenvalue weighted by atomic mass is 10.2. The van der Waals surface area contributed by atoms with Gasteiger partial charge in [0.1, 0.15) is 0 Å². The molecule has 2 nitrogen and oxygen atoms in total. The van der Waals surface area contributed by atoms with Gasteiger partial charge in [-0.2, -0.15) is 0 Å². The van der Waals surface area contributed by atoms with Gasteiger partial charge in [-0.3, -0.25) is 0 Å². The second-order valence-electron chi connectivity index (χ2n) is 2.77. The molecule has 0 radical (unpaired) electrons. The second kappa shape index (κ2) is 3.15. The first-order valence-electron chi connectivity index (χ1n) is 3.61. The number of rotatable bonds is 1. The fourth-order valence-electron chi connectivity index (χ4n) is 0.894. The summed E-state index contributed by atoms with van der Waals surface area (Å²) < 4.78 is 0. The van der Waals surface area contributed by atoms with Gasteiger partial charge in [0.2, 0.25) is 0 Å². The summed E-state index contributed by atoms with van der Waals surface area (Å²) in [5.41, 5.74) is 8.59. The summed E-state index contributed by atoms with van der Waals surface area (Å²) in [7, 11) is 0. The van der Waals surface area contributed by atoms with E-state index >= 15 is 0 Å². The molecule has 0 saturated heterocycles. The molecule has 0 aliphatic rings. The minimum atomic E-state index is 0.561. The van der Waals surface area contributed by atoms with Crippen molar-refractivity contribution in [3.63, 3.8) is 0 Å². The molecule has 0 saturated carbocycles. The Balaban J connectivity index is 3.33. The van der Waals surface area contributed by atoms with E-state index in [1.807, 2.05) is 13.8 Å². The number of allylic oxidation sites excluding steroid dienone is 1. The first-order chi connectivity index (χ1) is 5.52. The fourth-order valence-corrected chi connectivity index (χ4v) is 1.22. The van der Waals surface area contributed by atoms with Crippen molar-refractivity contribution >= 4 is 22.9 Å². The van der Waals surface area contributed by atoms with E-state index in [0.717, 1.165) is 17.0 Å². The van der Waals surface area contributed by atoms with Crippen LogP contribution < -0.4 is 5.73 Å². The van der Waals surface area contributed by atoms with Gasteiger partial charge < -0.3 is 5.73 Å². The zero-order chi connectivity index (χ0) is 9.30. The molecule has 0 aromatic carbocycles. The van der Waals surface area contributed by atoms with E-state index < -0.39 is 0 Å². The van der Waals surface area contributed by atoms with E-state index in [1.165, 1.54) is 0 Å². The first kappa shape index (κ1) is 9.07. The lowest BCUT2D eigenvalue weighted by Crippen LogP contribution is -1.96. The maximum absolute atomic E-state index is 5.89. The number of halogens is 1. The number of nitrogen functional groups attached to an aromatic ring is 1. The topological polar surface area (TPSA) is 38.9 Å². The summed E-state index contributed by atoms with van der Waals surface area (Å²) in [5, 5.41) is 0.561. The summed E-state index contributed by atoms with van der Waals surface area (Å²) in [6.45, 7) is 7.48. The van der Waals surface area contributed by atoms with Crippen LogP contribution in [-0.2, 0) is 0 Å². The summed E-state index contributed by atoms with van der Waals surface area (Å²) in [6, 6.07) is 1.70. The molecule has 1 rings (SSSR count). The number of pyridine rings is 1. The monoisotopic (exact) mass is 182 g/mol. The lowest BCUT2D eigenvalue weighted by molar-refractivity contribution is 1.17. The first-order valence-corrected chi connectivity index (χ1v) is 3.98. The highest BCUT2D eigenvalue weighted by Crippen LogP contribution is 2.24. The molecule has 1 aromatic heterocycles. The van der Waals surface area contributed by atoms with Gasteiger partial charge in [0, 0.05) is 0 Å². The van der Waals surface area contributed by atoms with Crippen molar-refractivity contribution in [1.82, 2.24) is 4.98 Å². The molecule has 0 aliphatic carbocycles. The molecule has 1 aromatic rings. The zero-order valence-corrected chi connectivity index (χ0v) is 7.94. The molecule has 1 heterocycles. The summed E-state index contributed by atoms with van der Waals surface area (Å²) in [4.78, 5) is 4.22. The van der Waals surface area contributed by atoms with Crippen molar-refractivity contribution < 1.29 is 0 Å². The SMILES string of the molecule is C=C(C)c1nc(C)c(N)cc1Cl. The maximum atomic E-state index is 5.89. The van der Waals surface area contributed by atoms with E-state index in [9.17, 15) is 0 Å². The molecule has 0 amide bonds. The Morgan fingerprint density at radius 1 is 1.67 bits per heavy atom. The van der Waals surface area contributed by atoms with Crippen molar-refractivity contribution in [3.05, 3.63) is 29.1 Å². The summed E-state index contributed by atoms with van der Waals surface area (Å²) in [6.07, 6.45) is 0. The molecular formula is C9H11ClN2. The standard InChI is InChI=1S/C9H11ClN2/c1-5(2)9-7(10)4-8(11)6(3)12-9/h4H,1,11H2,2-3H3. The van der Waals surface area contributed by atoms with E-state index in [2.05, 4.69) is 11.6 Å². The highest BCUT2D eigenvalue weighted by Gasteiger charge is 2.05. The molecular weight excluding hydrogens is 172 g/mol. The number of hydrogen-bond donors (Lipinski definition) is 1. The highest BCUT2D eigenvalue weighted by atomic mass is 35.5. The maximum Gasteiger partial charge on any atom is 0.0843 e. The van der Waals surface area contributed by atoms with Crippen molar-refractivity contribution in [2.75, 3.05) is 5.73 Å². The summed E-state index contributed by atoms with van der Waals surface area (Å²) >= 11 is 5.89. The molecule has 0 bridgehead atoms. The molecule has 64 valence electrons. The van der Waals surface area contributed by atoms with Crippen molar-refractivity contribution in [1.29, 1.82) is 0 Å². The van der Waals surface area contributed by atoms with Gasteiger partial charge in [-0.05, 0) is 25.5 Å². The van der Waals surface area contributed by atoms with Crippen molar-refractivity contribution in [2.45, 2.75) is 13.8 Å². The van der Waals surface area contributed by atoms with Gasteiger partial charge in [0.25, 0.3) is 0 Å². The third-order valence-corrected chi connectivity index (χ3v) is 1.90. The number of aryl methyl sites for hydroxylation is 1. The van der Waals surface area contributed by atoms with E-state index in [0.29, 0.717) is 10.7 Å². The average molecular weight is 183 g/mol. The molecule has 0 aliphatic heterocycles. The summed E-state index contributed by atoms with van der Waals surface area (Å²) in [5.74, 6) is 0.